The number of fused-ring (bicyclic) bond motifs is 2. The summed E-state index contributed by atoms with van der Waals surface area (Å²) in [6.45, 7) is 2.32. The van der Waals surface area contributed by atoms with E-state index in [2.05, 4.69) is 15.1 Å². The number of rotatable bonds is 7. The Morgan fingerprint density at radius 3 is 2.66 bits per heavy atom. The van der Waals surface area contributed by atoms with E-state index in [1.54, 1.807) is 11.0 Å². The molecule has 1 aliphatic carbocycles. The van der Waals surface area contributed by atoms with E-state index in [4.69, 9.17) is 4.74 Å². The first kappa shape index (κ1) is 23.4. The molecule has 184 valence electrons. The molecule has 0 bridgehead atoms. The fourth-order valence-corrected chi connectivity index (χ4v) is 5.09. The van der Waals surface area contributed by atoms with Gasteiger partial charge in [0, 0.05) is 37.0 Å². The molecule has 0 saturated heterocycles. The molecule has 5 rings (SSSR count). The molecule has 1 aromatic heterocycles. The van der Waals surface area contributed by atoms with E-state index in [1.165, 1.54) is 12.5 Å². The third-order valence-electron chi connectivity index (χ3n) is 7.11. The van der Waals surface area contributed by atoms with Crippen LogP contribution in [0.5, 0.6) is 11.5 Å². The molecule has 0 unspecified atom stereocenters. The summed E-state index contributed by atoms with van der Waals surface area (Å²) in [7, 11) is 4.00. The lowest BCUT2D eigenvalue weighted by atomic mass is 9.84. The second kappa shape index (κ2) is 9.70. The predicted molar refractivity (Wildman–Crippen MR) is 133 cm³/mol. The average molecular weight is 477 g/mol. The number of Topliss-reactive ketones (excluding diaryl/α,β-unsaturated/α-hetero) is 1. The van der Waals surface area contributed by atoms with Crippen LogP contribution in [0, 0.1) is 5.92 Å². The van der Waals surface area contributed by atoms with Gasteiger partial charge in [-0.25, -0.2) is 0 Å². The quantitative estimate of drug-likeness (QED) is 0.498. The maximum atomic E-state index is 13.4. The van der Waals surface area contributed by atoms with Crippen LogP contribution in [0.15, 0.2) is 30.3 Å². The van der Waals surface area contributed by atoms with Gasteiger partial charge in [0.1, 0.15) is 23.8 Å². The van der Waals surface area contributed by atoms with E-state index in [0.29, 0.717) is 36.3 Å². The first-order chi connectivity index (χ1) is 16.9. The number of carbonyl (C=O) groups excluding carboxylic acids is 2. The number of aromatic amines is 1. The zero-order valence-corrected chi connectivity index (χ0v) is 20.3. The van der Waals surface area contributed by atoms with Crippen molar-refractivity contribution < 1.29 is 19.4 Å². The molecule has 8 heteroatoms. The Morgan fingerprint density at radius 2 is 1.89 bits per heavy atom. The summed E-state index contributed by atoms with van der Waals surface area (Å²) < 4.78 is 5.84. The molecule has 35 heavy (non-hydrogen) atoms. The predicted octanol–water partition coefficient (Wildman–Crippen LogP) is 4.13. The normalized spacial score (nSPS) is 16.1. The number of ketones is 1. The minimum Gasteiger partial charge on any atom is -0.507 e. The summed E-state index contributed by atoms with van der Waals surface area (Å²) in [6, 6.07) is 9.02. The van der Waals surface area contributed by atoms with E-state index in [-0.39, 0.29) is 28.9 Å². The molecular weight excluding hydrogens is 444 g/mol. The molecule has 1 aliphatic heterocycles. The van der Waals surface area contributed by atoms with Crippen LogP contribution in [-0.2, 0) is 13.1 Å². The molecular formula is C27H32N4O4. The summed E-state index contributed by atoms with van der Waals surface area (Å²) in [5.41, 5.74) is 3.22. The number of nitrogens with zero attached hydrogens (tertiary/aromatic N) is 3. The molecule has 0 spiro atoms. The van der Waals surface area contributed by atoms with Gasteiger partial charge >= 0.3 is 0 Å². The standard InChI is InChI=1S/C27H32N4O4/c1-30(2)10-11-35-20-9-8-18-15-31(16-19(18)12-20)27(34)22-13-21-23(14-24(22)32)28-29-25(21)26(33)17-6-4-3-5-7-17/h8-9,12-14,17,32H,3-7,10-11,15-16H2,1-2H3,(H,28,29). The zero-order valence-electron chi connectivity index (χ0n) is 20.3. The van der Waals surface area contributed by atoms with Crippen LogP contribution in [0.4, 0.5) is 0 Å². The van der Waals surface area contributed by atoms with Crippen molar-refractivity contribution in [3.63, 3.8) is 0 Å². The lowest BCUT2D eigenvalue weighted by Gasteiger charge is -2.19. The number of hydrogen-bond donors (Lipinski definition) is 2. The third-order valence-corrected chi connectivity index (χ3v) is 7.11. The number of hydrogen-bond acceptors (Lipinski definition) is 6. The Hall–Kier alpha value is -3.39. The molecule has 0 radical (unpaired) electrons. The molecule has 2 heterocycles. The maximum Gasteiger partial charge on any atom is 0.258 e. The first-order valence-corrected chi connectivity index (χ1v) is 12.3. The summed E-state index contributed by atoms with van der Waals surface area (Å²) in [4.78, 5) is 30.3. The van der Waals surface area contributed by atoms with Crippen molar-refractivity contribution in [1.82, 2.24) is 20.0 Å². The topological polar surface area (TPSA) is 98.8 Å². The van der Waals surface area contributed by atoms with Crippen molar-refractivity contribution in [1.29, 1.82) is 0 Å². The maximum absolute atomic E-state index is 13.4. The van der Waals surface area contributed by atoms with Gasteiger partial charge in [-0.05, 0) is 56.3 Å². The van der Waals surface area contributed by atoms with Gasteiger partial charge < -0.3 is 19.6 Å². The fraction of sp³-hybridized carbons (Fsp3) is 0.444. The Balaban J connectivity index is 1.35. The van der Waals surface area contributed by atoms with Gasteiger partial charge in [-0.1, -0.05) is 25.3 Å². The monoisotopic (exact) mass is 476 g/mol. The fourth-order valence-electron chi connectivity index (χ4n) is 5.09. The summed E-state index contributed by atoms with van der Waals surface area (Å²) in [5, 5.41) is 18.3. The highest BCUT2D eigenvalue weighted by Gasteiger charge is 2.29. The Morgan fingerprint density at radius 1 is 1.11 bits per heavy atom. The molecule has 1 fully saturated rings. The van der Waals surface area contributed by atoms with Gasteiger partial charge in [0.15, 0.2) is 5.78 Å². The van der Waals surface area contributed by atoms with E-state index >= 15 is 0 Å². The second-order valence-corrected chi connectivity index (χ2v) is 9.93. The Labute approximate surface area is 204 Å². The number of H-pyrrole nitrogens is 1. The minimum absolute atomic E-state index is 0.0228. The average Bonchev–Trinajstić information content (AvgIpc) is 3.46. The van der Waals surface area contributed by atoms with Crippen LogP contribution in [0.25, 0.3) is 10.9 Å². The number of likely N-dealkylation sites (N-methyl/N-ethyl adjacent to an activating group) is 1. The number of nitrogens with one attached hydrogen (secondary N) is 1. The smallest absolute Gasteiger partial charge is 0.258 e. The minimum atomic E-state index is -0.270. The molecule has 2 aromatic carbocycles. The van der Waals surface area contributed by atoms with Crippen LogP contribution >= 0.6 is 0 Å². The van der Waals surface area contributed by atoms with E-state index < -0.39 is 0 Å². The summed E-state index contributed by atoms with van der Waals surface area (Å²) in [6.07, 6.45) is 5.04. The zero-order chi connectivity index (χ0) is 24.5. The SMILES string of the molecule is CN(C)CCOc1ccc2c(c1)CN(C(=O)c1cc3c(C(=O)C4CCCCC4)n[nH]c3cc1O)C2. The van der Waals surface area contributed by atoms with Gasteiger partial charge in [0.2, 0.25) is 0 Å². The molecule has 3 aromatic rings. The summed E-state index contributed by atoms with van der Waals surface area (Å²) >= 11 is 0. The Bertz CT molecular complexity index is 1260. The number of aromatic hydroxyl groups is 1. The van der Waals surface area contributed by atoms with Crippen LogP contribution < -0.4 is 4.74 Å². The third kappa shape index (κ3) is 4.75. The molecule has 2 aliphatic rings. The van der Waals surface area contributed by atoms with Crippen LogP contribution in [0.2, 0.25) is 0 Å². The Kier molecular flexibility index (Phi) is 6.47. The van der Waals surface area contributed by atoms with Gasteiger partial charge in [-0.3, -0.25) is 14.7 Å². The van der Waals surface area contributed by atoms with Crippen molar-refractivity contribution in [2.24, 2.45) is 5.92 Å². The van der Waals surface area contributed by atoms with Gasteiger partial charge in [0.05, 0.1) is 11.1 Å². The van der Waals surface area contributed by atoms with Crippen molar-refractivity contribution in [3.05, 3.63) is 52.7 Å². The largest absolute Gasteiger partial charge is 0.507 e. The number of amides is 1. The molecule has 8 nitrogen and oxygen atoms in total. The van der Waals surface area contributed by atoms with E-state index in [0.717, 1.165) is 49.1 Å². The van der Waals surface area contributed by atoms with E-state index in [9.17, 15) is 14.7 Å². The molecule has 1 saturated carbocycles. The lowest BCUT2D eigenvalue weighted by molar-refractivity contribution is 0.0748. The number of phenolic OH excluding ortho intramolecular Hbond substituents is 1. The number of aromatic nitrogens is 2. The van der Waals surface area contributed by atoms with Gasteiger partial charge in [0.25, 0.3) is 5.91 Å². The summed E-state index contributed by atoms with van der Waals surface area (Å²) in [5.74, 6) is 0.397. The van der Waals surface area contributed by atoms with Crippen molar-refractivity contribution in [2.45, 2.75) is 45.2 Å². The highest BCUT2D eigenvalue weighted by Crippen LogP contribution is 2.33. The van der Waals surface area contributed by atoms with Crippen LogP contribution in [0.1, 0.15) is 64.1 Å². The van der Waals surface area contributed by atoms with E-state index in [1.807, 2.05) is 32.3 Å². The lowest BCUT2D eigenvalue weighted by Crippen LogP contribution is -2.25. The highest BCUT2D eigenvalue weighted by molar-refractivity contribution is 6.10. The van der Waals surface area contributed by atoms with Crippen molar-refractivity contribution >= 4 is 22.6 Å². The second-order valence-electron chi connectivity index (χ2n) is 9.93. The van der Waals surface area contributed by atoms with Gasteiger partial charge in [-0.2, -0.15) is 5.10 Å². The number of carbonyl (C=O) groups is 2. The number of benzene rings is 2. The first-order valence-electron chi connectivity index (χ1n) is 12.3. The van der Waals surface area contributed by atoms with Crippen LogP contribution in [0.3, 0.4) is 0 Å². The molecule has 0 atom stereocenters. The number of ether oxygens (including phenoxy) is 1. The van der Waals surface area contributed by atoms with Crippen LogP contribution in [-0.4, -0.2) is 64.0 Å². The molecule has 2 N–H and O–H groups in total. The van der Waals surface area contributed by atoms with Crippen molar-refractivity contribution in [3.8, 4) is 11.5 Å². The number of phenols is 1. The van der Waals surface area contributed by atoms with Gasteiger partial charge in [-0.15, -0.1) is 0 Å². The van der Waals surface area contributed by atoms with Crippen molar-refractivity contribution in [2.75, 3.05) is 27.2 Å². The molecule has 1 amide bonds. The highest BCUT2D eigenvalue weighted by atomic mass is 16.5.